The summed E-state index contributed by atoms with van der Waals surface area (Å²) >= 11 is 5.93. The number of nitrogens with one attached hydrogen (secondary N) is 2. The number of carbonyl (C=O) groups excluding carboxylic acids is 1. The molecule has 5 nitrogen and oxygen atoms in total. The molecule has 0 radical (unpaired) electrons. The summed E-state index contributed by atoms with van der Waals surface area (Å²) in [6.07, 6.45) is 0. The molecule has 2 rings (SSSR count). The third-order valence-electron chi connectivity index (χ3n) is 2.98. The molecule has 0 saturated carbocycles. The summed E-state index contributed by atoms with van der Waals surface area (Å²) in [6.45, 7) is 1.40. The number of carbonyl (C=O) groups is 1. The maximum absolute atomic E-state index is 12.9. The molecule has 0 aliphatic heterocycles. The van der Waals surface area contributed by atoms with Gasteiger partial charge in [0.25, 0.3) is 0 Å². The highest BCUT2D eigenvalue weighted by molar-refractivity contribution is 7.89. The van der Waals surface area contributed by atoms with E-state index in [2.05, 4.69) is 10.0 Å². The molecule has 0 bridgehead atoms. The lowest BCUT2D eigenvalue weighted by Crippen LogP contribution is -2.41. The molecule has 0 fully saturated rings. The van der Waals surface area contributed by atoms with Gasteiger partial charge in [-0.05, 0) is 43.3 Å². The third kappa shape index (κ3) is 4.51. The summed E-state index contributed by atoms with van der Waals surface area (Å²) in [6, 6.07) is 9.86. The van der Waals surface area contributed by atoms with Crippen molar-refractivity contribution in [2.45, 2.75) is 17.9 Å². The fraction of sp³-hybridized carbons (Fsp3) is 0.133. The molecule has 2 N–H and O–H groups in total. The van der Waals surface area contributed by atoms with E-state index in [1.54, 1.807) is 24.3 Å². The molecule has 122 valence electrons. The average molecular weight is 357 g/mol. The first kappa shape index (κ1) is 17.4. The van der Waals surface area contributed by atoms with E-state index in [0.29, 0.717) is 10.7 Å². The number of benzene rings is 2. The maximum atomic E-state index is 12.9. The highest BCUT2D eigenvalue weighted by Gasteiger charge is 2.22. The smallest absolute Gasteiger partial charge is 0.242 e. The van der Waals surface area contributed by atoms with Gasteiger partial charge in [-0.15, -0.1) is 0 Å². The zero-order valence-corrected chi connectivity index (χ0v) is 13.7. The Morgan fingerprint density at radius 2 is 1.74 bits per heavy atom. The van der Waals surface area contributed by atoms with Crippen LogP contribution >= 0.6 is 11.6 Å². The van der Waals surface area contributed by atoms with Gasteiger partial charge in [0.05, 0.1) is 21.6 Å². The van der Waals surface area contributed by atoms with Crippen LogP contribution in [0.15, 0.2) is 53.4 Å². The van der Waals surface area contributed by atoms with Crippen LogP contribution in [0.25, 0.3) is 0 Å². The van der Waals surface area contributed by atoms with Crippen LogP contribution < -0.4 is 10.0 Å². The zero-order valence-electron chi connectivity index (χ0n) is 12.1. The molecule has 0 spiro atoms. The van der Waals surface area contributed by atoms with Gasteiger partial charge in [-0.1, -0.05) is 23.7 Å². The Hall–Kier alpha value is -1.96. The van der Waals surface area contributed by atoms with Gasteiger partial charge in [0.2, 0.25) is 15.9 Å². The van der Waals surface area contributed by atoms with Crippen LogP contribution in [-0.2, 0) is 14.8 Å². The Balaban J connectivity index is 2.08. The Kier molecular flexibility index (Phi) is 5.35. The lowest BCUT2D eigenvalue weighted by Gasteiger charge is -2.15. The summed E-state index contributed by atoms with van der Waals surface area (Å²) in [5.74, 6) is -1.11. The lowest BCUT2D eigenvalue weighted by molar-refractivity contribution is -0.117. The monoisotopic (exact) mass is 356 g/mol. The molecule has 0 aliphatic rings. The van der Waals surface area contributed by atoms with E-state index in [4.69, 9.17) is 11.6 Å². The third-order valence-corrected chi connectivity index (χ3v) is 4.87. The fourth-order valence-electron chi connectivity index (χ4n) is 1.77. The van der Waals surface area contributed by atoms with Crippen molar-refractivity contribution in [1.29, 1.82) is 0 Å². The van der Waals surface area contributed by atoms with Crippen LogP contribution in [0.5, 0.6) is 0 Å². The first-order valence-electron chi connectivity index (χ1n) is 6.63. The number of hydrogen-bond acceptors (Lipinski definition) is 3. The highest BCUT2D eigenvalue weighted by Crippen LogP contribution is 2.20. The van der Waals surface area contributed by atoms with E-state index in [-0.39, 0.29) is 4.90 Å². The number of amides is 1. The second-order valence-corrected chi connectivity index (χ2v) is 6.89. The minimum atomic E-state index is -3.93. The lowest BCUT2D eigenvalue weighted by atomic mass is 10.3. The van der Waals surface area contributed by atoms with Crippen molar-refractivity contribution < 1.29 is 17.6 Å². The van der Waals surface area contributed by atoms with Gasteiger partial charge in [-0.2, -0.15) is 4.72 Å². The van der Waals surface area contributed by atoms with Crippen molar-refractivity contribution in [2.24, 2.45) is 0 Å². The topological polar surface area (TPSA) is 75.3 Å². The van der Waals surface area contributed by atoms with Gasteiger partial charge in [-0.25, -0.2) is 12.8 Å². The number of anilines is 1. The molecule has 0 saturated heterocycles. The van der Waals surface area contributed by atoms with Gasteiger partial charge in [0, 0.05) is 0 Å². The fourth-order valence-corrected chi connectivity index (χ4v) is 3.16. The van der Waals surface area contributed by atoms with Crippen LogP contribution in [0.2, 0.25) is 5.02 Å². The minimum absolute atomic E-state index is 0.128. The summed E-state index contributed by atoms with van der Waals surface area (Å²) in [7, 11) is -3.93. The molecule has 0 aliphatic carbocycles. The summed E-state index contributed by atoms with van der Waals surface area (Å²) < 4.78 is 39.4. The van der Waals surface area contributed by atoms with Gasteiger partial charge < -0.3 is 5.32 Å². The van der Waals surface area contributed by atoms with Gasteiger partial charge in [0.1, 0.15) is 5.82 Å². The van der Waals surface area contributed by atoms with Crippen LogP contribution in [-0.4, -0.2) is 20.4 Å². The predicted molar refractivity (Wildman–Crippen MR) is 86.3 cm³/mol. The highest BCUT2D eigenvalue weighted by atomic mass is 35.5. The standard InChI is InChI=1S/C15H14ClFN2O3S/c1-10(15(20)18-14-5-3-2-4-13(14)16)19-23(21,22)12-8-6-11(17)7-9-12/h2-10,19H,1H3,(H,18,20)/t10-/m0/s1. The van der Waals surface area contributed by atoms with E-state index >= 15 is 0 Å². The van der Waals surface area contributed by atoms with E-state index in [1.807, 2.05) is 0 Å². The SMILES string of the molecule is C[C@H](NS(=O)(=O)c1ccc(F)cc1)C(=O)Nc1ccccc1Cl. The number of hydrogen-bond donors (Lipinski definition) is 2. The van der Waals surface area contributed by atoms with E-state index in [9.17, 15) is 17.6 Å². The van der Waals surface area contributed by atoms with Crippen LogP contribution in [0.3, 0.4) is 0 Å². The maximum Gasteiger partial charge on any atom is 0.242 e. The molecule has 1 atom stereocenters. The van der Waals surface area contributed by atoms with Crippen molar-refractivity contribution in [3.05, 3.63) is 59.4 Å². The predicted octanol–water partition coefficient (Wildman–Crippen LogP) is 2.78. The van der Waals surface area contributed by atoms with Crippen molar-refractivity contribution in [3.63, 3.8) is 0 Å². The molecule has 23 heavy (non-hydrogen) atoms. The number of halogens is 2. The van der Waals surface area contributed by atoms with E-state index in [1.165, 1.54) is 6.92 Å². The summed E-state index contributed by atoms with van der Waals surface area (Å²) in [5, 5.41) is 2.88. The molecule has 8 heteroatoms. The molecule has 0 aromatic heterocycles. The Morgan fingerprint density at radius 1 is 1.13 bits per heavy atom. The number of sulfonamides is 1. The van der Waals surface area contributed by atoms with Crippen molar-refractivity contribution in [2.75, 3.05) is 5.32 Å². The Bertz CT molecular complexity index is 810. The normalized spacial score (nSPS) is 12.7. The second kappa shape index (κ2) is 7.08. The summed E-state index contributed by atoms with van der Waals surface area (Å²) in [4.78, 5) is 11.9. The first-order valence-corrected chi connectivity index (χ1v) is 8.49. The van der Waals surface area contributed by atoms with Crippen LogP contribution in [0, 0.1) is 5.82 Å². The Morgan fingerprint density at radius 3 is 2.35 bits per heavy atom. The molecule has 1 amide bonds. The van der Waals surface area contributed by atoms with Crippen molar-refractivity contribution >= 4 is 33.2 Å². The molecule has 0 unspecified atom stereocenters. The van der Waals surface area contributed by atoms with Crippen LogP contribution in [0.1, 0.15) is 6.92 Å². The Labute approximate surface area is 138 Å². The average Bonchev–Trinajstić information content (AvgIpc) is 2.49. The van der Waals surface area contributed by atoms with Gasteiger partial charge >= 0.3 is 0 Å². The minimum Gasteiger partial charge on any atom is -0.323 e. The van der Waals surface area contributed by atoms with Crippen molar-refractivity contribution in [3.8, 4) is 0 Å². The van der Waals surface area contributed by atoms with Crippen LogP contribution in [0.4, 0.5) is 10.1 Å². The molecular weight excluding hydrogens is 343 g/mol. The second-order valence-electron chi connectivity index (χ2n) is 4.77. The quantitative estimate of drug-likeness (QED) is 0.865. The van der Waals surface area contributed by atoms with E-state index < -0.39 is 27.8 Å². The molecule has 2 aromatic rings. The van der Waals surface area contributed by atoms with E-state index in [0.717, 1.165) is 24.3 Å². The number of rotatable bonds is 5. The zero-order chi connectivity index (χ0) is 17.0. The van der Waals surface area contributed by atoms with Gasteiger partial charge in [-0.3, -0.25) is 4.79 Å². The molecular formula is C15H14ClFN2O3S. The number of para-hydroxylation sites is 1. The first-order chi connectivity index (χ1) is 10.8. The molecule has 0 heterocycles. The van der Waals surface area contributed by atoms with Gasteiger partial charge in [0.15, 0.2) is 0 Å². The largest absolute Gasteiger partial charge is 0.323 e. The molecule has 2 aromatic carbocycles. The van der Waals surface area contributed by atoms with Crippen molar-refractivity contribution in [1.82, 2.24) is 4.72 Å². The summed E-state index contributed by atoms with van der Waals surface area (Å²) in [5.41, 5.74) is 0.381.